The molecule has 36 heavy (non-hydrogen) atoms. The standard InChI is InChI=1S/C21H11F11N2O2/c22-14-7-15(35-12-3-8(19(24,25)26)1-10(33)5-12)17(23)18(16(14)21(30,31)32)36-13-4-9(20(27,28)29)2-11(34)6-13/h1-7H,33-34H2. The van der Waals surface area contributed by atoms with Crippen LogP contribution in [0.3, 0.4) is 0 Å². The van der Waals surface area contributed by atoms with Gasteiger partial charge in [-0.2, -0.15) is 43.9 Å². The van der Waals surface area contributed by atoms with Crippen molar-refractivity contribution >= 4 is 11.4 Å². The molecule has 0 aliphatic rings. The molecule has 0 heterocycles. The van der Waals surface area contributed by atoms with Gasteiger partial charge in [0.2, 0.25) is 5.82 Å². The molecule has 4 nitrogen and oxygen atoms in total. The molecule has 3 rings (SSSR count). The molecule has 0 bridgehead atoms. The first kappa shape index (κ1) is 26.7. The van der Waals surface area contributed by atoms with Crippen LogP contribution in [0.2, 0.25) is 0 Å². The van der Waals surface area contributed by atoms with E-state index in [1.54, 1.807) is 0 Å². The number of hydrogen-bond donors (Lipinski definition) is 2. The zero-order valence-corrected chi connectivity index (χ0v) is 17.2. The first-order valence-corrected chi connectivity index (χ1v) is 9.26. The van der Waals surface area contributed by atoms with E-state index < -0.39 is 81.2 Å². The Balaban J connectivity index is 2.16. The van der Waals surface area contributed by atoms with Gasteiger partial charge >= 0.3 is 18.5 Å². The van der Waals surface area contributed by atoms with E-state index in [1.165, 1.54) is 0 Å². The number of nitrogen functional groups attached to an aromatic ring is 2. The van der Waals surface area contributed by atoms with Crippen molar-refractivity contribution in [2.45, 2.75) is 18.5 Å². The largest absolute Gasteiger partial charge is 0.454 e. The third-order valence-corrected chi connectivity index (χ3v) is 4.38. The zero-order valence-electron chi connectivity index (χ0n) is 17.2. The summed E-state index contributed by atoms with van der Waals surface area (Å²) in [6, 6.07) is 2.58. The minimum Gasteiger partial charge on any atom is -0.454 e. The zero-order chi connectivity index (χ0) is 27.2. The molecule has 3 aromatic rings. The predicted octanol–water partition coefficient (Wildman–Crippen LogP) is 7.77. The van der Waals surface area contributed by atoms with Crippen LogP contribution in [0.15, 0.2) is 42.5 Å². The Morgan fingerprint density at radius 1 is 0.556 bits per heavy atom. The molecule has 0 aromatic heterocycles. The third kappa shape index (κ3) is 5.83. The predicted molar refractivity (Wildman–Crippen MR) is 103 cm³/mol. The van der Waals surface area contributed by atoms with Crippen molar-refractivity contribution in [3.63, 3.8) is 0 Å². The summed E-state index contributed by atoms with van der Waals surface area (Å²) in [5, 5.41) is 0. The van der Waals surface area contributed by atoms with Crippen LogP contribution in [0.5, 0.6) is 23.0 Å². The normalized spacial score (nSPS) is 12.5. The van der Waals surface area contributed by atoms with E-state index in [1.807, 2.05) is 0 Å². The van der Waals surface area contributed by atoms with E-state index >= 15 is 4.39 Å². The average molecular weight is 532 g/mol. The summed E-state index contributed by atoms with van der Waals surface area (Å²) in [6.45, 7) is 0. The van der Waals surface area contributed by atoms with Crippen LogP contribution in [0.25, 0.3) is 0 Å². The van der Waals surface area contributed by atoms with Crippen LogP contribution in [0, 0.1) is 11.6 Å². The van der Waals surface area contributed by atoms with Crippen molar-refractivity contribution in [1.82, 2.24) is 0 Å². The van der Waals surface area contributed by atoms with Crippen molar-refractivity contribution in [1.29, 1.82) is 0 Å². The molecule has 194 valence electrons. The first-order valence-electron chi connectivity index (χ1n) is 9.26. The highest BCUT2D eigenvalue weighted by molar-refractivity contribution is 5.54. The Morgan fingerprint density at radius 3 is 1.42 bits per heavy atom. The lowest BCUT2D eigenvalue weighted by Gasteiger charge is -2.19. The lowest BCUT2D eigenvalue weighted by Crippen LogP contribution is -2.13. The number of halogens is 11. The summed E-state index contributed by atoms with van der Waals surface area (Å²) in [5.41, 5.74) is 4.25. The van der Waals surface area contributed by atoms with Gasteiger partial charge in [-0.15, -0.1) is 0 Å². The summed E-state index contributed by atoms with van der Waals surface area (Å²) in [4.78, 5) is 0. The van der Waals surface area contributed by atoms with Gasteiger partial charge in [0, 0.05) is 29.6 Å². The van der Waals surface area contributed by atoms with Gasteiger partial charge in [0.25, 0.3) is 0 Å². The molecule has 0 aliphatic heterocycles. The second-order valence-electron chi connectivity index (χ2n) is 7.15. The molecule has 0 saturated heterocycles. The fourth-order valence-corrected chi connectivity index (χ4v) is 2.95. The molecule has 0 radical (unpaired) electrons. The highest BCUT2D eigenvalue weighted by Crippen LogP contribution is 2.46. The Morgan fingerprint density at radius 2 is 1.00 bits per heavy atom. The van der Waals surface area contributed by atoms with Crippen LogP contribution in [-0.2, 0) is 18.5 Å². The number of anilines is 2. The van der Waals surface area contributed by atoms with E-state index in [9.17, 15) is 43.9 Å². The molecule has 0 aliphatic carbocycles. The number of alkyl halides is 9. The monoisotopic (exact) mass is 532 g/mol. The molecule has 0 fully saturated rings. The number of hydrogen-bond acceptors (Lipinski definition) is 4. The first-order chi connectivity index (χ1) is 16.4. The molecular formula is C21H11F11N2O2. The van der Waals surface area contributed by atoms with Crippen molar-refractivity contribution in [2.75, 3.05) is 11.5 Å². The highest BCUT2D eigenvalue weighted by atomic mass is 19.4. The summed E-state index contributed by atoms with van der Waals surface area (Å²) in [7, 11) is 0. The topological polar surface area (TPSA) is 70.5 Å². The molecule has 0 spiro atoms. The Kier molecular flexibility index (Phi) is 6.63. The Labute approximate surface area is 193 Å². The quantitative estimate of drug-likeness (QED) is 0.266. The lowest BCUT2D eigenvalue weighted by atomic mass is 10.1. The summed E-state index contributed by atoms with van der Waals surface area (Å²) < 4.78 is 157. The summed E-state index contributed by atoms with van der Waals surface area (Å²) in [5.74, 6) is -9.50. The smallest absolute Gasteiger partial charge is 0.422 e. The maximum absolute atomic E-state index is 15.1. The Hall–Kier alpha value is -3.91. The minimum absolute atomic E-state index is 0.123. The minimum atomic E-state index is -5.62. The molecule has 3 aromatic carbocycles. The number of benzene rings is 3. The highest BCUT2D eigenvalue weighted by Gasteiger charge is 2.42. The fourth-order valence-electron chi connectivity index (χ4n) is 2.95. The Bertz CT molecular complexity index is 1300. The van der Waals surface area contributed by atoms with Crippen molar-refractivity contribution in [3.05, 3.63) is 70.8 Å². The fraction of sp³-hybridized carbons (Fsp3) is 0.143. The van der Waals surface area contributed by atoms with E-state index in [-0.39, 0.29) is 12.1 Å². The number of nitrogens with two attached hydrogens (primary N) is 2. The van der Waals surface area contributed by atoms with Gasteiger partial charge in [-0.3, -0.25) is 0 Å². The van der Waals surface area contributed by atoms with Crippen LogP contribution in [-0.4, -0.2) is 0 Å². The van der Waals surface area contributed by atoms with E-state index in [4.69, 9.17) is 16.2 Å². The average Bonchev–Trinajstić information content (AvgIpc) is 2.68. The van der Waals surface area contributed by atoms with Crippen LogP contribution in [0.1, 0.15) is 16.7 Å². The molecular weight excluding hydrogens is 521 g/mol. The second-order valence-corrected chi connectivity index (χ2v) is 7.15. The van der Waals surface area contributed by atoms with Gasteiger partial charge in [0.15, 0.2) is 11.5 Å². The van der Waals surface area contributed by atoms with Crippen LogP contribution in [0.4, 0.5) is 59.7 Å². The molecule has 0 amide bonds. The van der Waals surface area contributed by atoms with Gasteiger partial charge < -0.3 is 20.9 Å². The van der Waals surface area contributed by atoms with E-state index in [2.05, 4.69) is 4.74 Å². The molecule has 4 N–H and O–H groups in total. The van der Waals surface area contributed by atoms with Gasteiger partial charge in [-0.1, -0.05) is 0 Å². The summed E-state index contributed by atoms with van der Waals surface area (Å²) in [6.07, 6.45) is -15.6. The number of ether oxygens (including phenoxy) is 2. The summed E-state index contributed by atoms with van der Waals surface area (Å²) >= 11 is 0. The molecule has 0 atom stereocenters. The molecule has 0 unspecified atom stereocenters. The van der Waals surface area contributed by atoms with Crippen molar-refractivity contribution in [2.24, 2.45) is 0 Å². The SMILES string of the molecule is Nc1cc(Oc2cc(F)c(C(F)(F)F)c(Oc3cc(N)cc(C(F)(F)F)c3)c2F)cc(C(F)(F)F)c1. The van der Waals surface area contributed by atoms with Gasteiger partial charge in [0.1, 0.15) is 22.9 Å². The van der Waals surface area contributed by atoms with Crippen LogP contribution < -0.4 is 20.9 Å². The van der Waals surface area contributed by atoms with E-state index in [0.717, 1.165) is 6.07 Å². The van der Waals surface area contributed by atoms with Gasteiger partial charge in [-0.25, -0.2) is 4.39 Å². The molecule has 15 heteroatoms. The lowest BCUT2D eigenvalue weighted by molar-refractivity contribution is -0.141. The number of rotatable bonds is 4. The maximum atomic E-state index is 15.1. The third-order valence-electron chi connectivity index (χ3n) is 4.38. The van der Waals surface area contributed by atoms with E-state index in [0.29, 0.717) is 24.3 Å². The van der Waals surface area contributed by atoms with Gasteiger partial charge in [0.05, 0.1) is 11.1 Å². The van der Waals surface area contributed by atoms with Crippen molar-refractivity contribution in [3.8, 4) is 23.0 Å². The van der Waals surface area contributed by atoms with Crippen molar-refractivity contribution < 1.29 is 57.8 Å². The molecule has 0 saturated carbocycles. The second kappa shape index (κ2) is 8.95. The van der Waals surface area contributed by atoms with Crippen LogP contribution >= 0.6 is 0 Å². The maximum Gasteiger partial charge on any atom is 0.422 e. The van der Waals surface area contributed by atoms with Gasteiger partial charge in [-0.05, 0) is 24.3 Å².